The first kappa shape index (κ1) is 8.68. The standard InChI is InChI=1S/C9H9N3O2/c1-5-7(9(13)14)3-4-8-11-10-6(2)12(5)8/h3-4H,1-2H3,(H,13,14). The summed E-state index contributed by atoms with van der Waals surface area (Å²) < 4.78 is 1.73. The zero-order chi connectivity index (χ0) is 10.3. The maximum Gasteiger partial charge on any atom is 0.337 e. The van der Waals surface area contributed by atoms with E-state index in [4.69, 9.17) is 5.11 Å². The van der Waals surface area contributed by atoms with E-state index in [1.165, 1.54) is 0 Å². The number of carbonyl (C=O) groups is 1. The zero-order valence-corrected chi connectivity index (χ0v) is 7.85. The van der Waals surface area contributed by atoms with Crippen LogP contribution in [0.25, 0.3) is 5.65 Å². The van der Waals surface area contributed by atoms with Gasteiger partial charge in [0.05, 0.1) is 5.56 Å². The number of hydrogen-bond acceptors (Lipinski definition) is 3. The maximum absolute atomic E-state index is 10.8. The Morgan fingerprint density at radius 1 is 1.36 bits per heavy atom. The summed E-state index contributed by atoms with van der Waals surface area (Å²) in [4.78, 5) is 10.8. The van der Waals surface area contributed by atoms with Crippen molar-refractivity contribution in [3.63, 3.8) is 0 Å². The van der Waals surface area contributed by atoms with Gasteiger partial charge in [-0.3, -0.25) is 4.40 Å². The van der Waals surface area contributed by atoms with Crippen LogP contribution in [0.4, 0.5) is 0 Å². The number of fused-ring (bicyclic) bond motifs is 1. The Kier molecular flexibility index (Phi) is 1.73. The molecule has 2 aromatic rings. The molecule has 2 rings (SSSR count). The van der Waals surface area contributed by atoms with Crippen molar-refractivity contribution in [2.45, 2.75) is 13.8 Å². The molecule has 2 heterocycles. The molecule has 72 valence electrons. The number of rotatable bonds is 1. The molecule has 5 nitrogen and oxygen atoms in total. The molecule has 14 heavy (non-hydrogen) atoms. The lowest BCUT2D eigenvalue weighted by molar-refractivity contribution is 0.0695. The molecular formula is C9H9N3O2. The highest BCUT2D eigenvalue weighted by Crippen LogP contribution is 2.12. The van der Waals surface area contributed by atoms with Crippen LogP contribution in [0.15, 0.2) is 12.1 Å². The molecule has 0 radical (unpaired) electrons. The Balaban J connectivity index is 2.86. The molecule has 2 aromatic heterocycles. The molecule has 5 heteroatoms. The summed E-state index contributed by atoms with van der Waals surface area (Å²) in [5.74, 6) is -0.238. The molecule has 0 amide bonds. The predicted octanol–water partition coefficient (Wildman–Crippen LogP) is 1.04. The molecule has 0 atom stereocenters. The normalized spacial score (nSPS) is 10.7. The minimum atomic E-state index is -0.933. The van der Waals surface area contributed by atoms with Crippen molar-refractivity contribution in [2.75, 3.05) is 0 Å². The Morgan fingerprint density at radius 2 is 2.07 bits per heavy atom. The molecule has 0 spiro atoms. The largest absolute Gasteiger partial charge is 0.478 e. The van der Waals surface area contributed by atoms with Crippen molar-refractivity contribution < 1.29 is 9.90 Å². The third-order valence-corrected chi connectivity index (χ3v) is 2.20. The van der Waals surface area contributed by atoms with E-state index in [1.54, 1.807) is 30.4 Å². The smallest absolute Gasteiger partial charge is 0.337 e. The third kappa shape index (κ3) is 1.06. The van der Waals surface area contributed by atoms with Crippen molar-refractivity contribution >= 4 is 11.6 Å². The quantitative estimate of drug-likeness (QED) is 0.731. The first-order chi connectivity index (χ1) is 6.61. The van der Waals surface area contributed by atoms with Crippen molar-refractivity contribution in [1.29, 1.82) is 0 Å². The highest BCUT2D eigenvalue weighted by atomic mass is 16.4. The second-order valence-electron chi connectivity index (χ2n) is 3.08. The van der Waals surface area contributed by atoms with E-state index in [0.717, 1.165) is 0 Å². The van der Waals surface area contributed by atoms with Crippen LogP contribution in [0, 0.1) is 13.8 Å². The molecule has 0 fully saturated rings. The topological polar surface area (TPSA) is 67.5 Å². The van der Waals surface area contributed by atoms with Crippen LogP contribution in [0.1, 0.15) is 21.9 Å². The Labute approximate surface area is 80.0 Å². The number of carboxylic acid groups (broad SMARTS) is 1. The lowest BCUT2D eigenvalue weighted by Gasteiger charge is -2.04. The van der Waals surface area contributed by atoms with Crippen molar-refractivity contribution in [1.82, 2.24) is 14.6 Å². The number of carboxylic acids is 1. The van der Waals surface area contributed by atoms with E-state index < -0.39 is 5.97 Å². The number of pyridine rings is 1. The molecule has 0 aliphatic carbocycles. The van der Waals surface area contributed by atoms with E-state index >= 15 is 0 Å². The summed E-state index contributed by atoms with van der Waals surface area (Å²) in [5, 5.41) is 16.7. The molecule has 0 aliphatic heterocycles. The van der Waals surface area contributed by atoms with Crippen molar-refractivity contribution in [3.05, 3.63) is 29.2 Å². The lowest BCUT2D eigenvalue weighted by atomic mass is 10.2. The average molecular weight is 191 g/mol. The molecule has 0 saturated heterocycles. The average Bonchev–Trinajstić information content (AvgIpc) is 2.48. The molecule has 0 unspecified atom stereocenters. The van der Waals surface area contributed by atoms with E-state index in [9.17, 15) is 4.79 Å². The van der Waals surface area contributed by atoms with Gasteiger partial charge in [-0.2, -0.15) is 0 Å². The van der Waals surface area contributed by atoms with Gasteiger partial charge in [0.1, 0.15) is 5.82 Å². The van der Waals surface area contributed by atoms with Gasteiger partial charge < -0.3 is 5.11 Å². The Hall–Kier alpha value is -1.91. The summed E-state index contributed by atoms with van der Waals surface area (Å²) >= 11 is 0. The van der Waals surface area contributed by atoms with E-state index in [0.29, 0.717) is 17.2 Å². The first-order valence-electron chi connectivity index (χ1n) is 4.16. The number of aryl methyl sites for hydroxylation is 2. The minimum absolute atomic E-state index is 0.278. The van der Waals surface area contributed by atoms with Gasteiger partial charge in [0.25, 0.3) is 0 Å². The van der Waals surface area contributed by atoms with Crippen LogP contribution < -0.4 is 0 Å². The fraction of sp³-hybridized carbons (Fsp3) is 0.222. The summed E-state index contributed by atoms with van der Waals surface area (Å²) in [6, 6.07) is 3.19. The van der Waals surface area contributed by atoms with Crippen LogP contribution in [-0.4, -0.2) is 25.7 Å². The van der Waals surface area contributed by atoms with Crippen LogP contribution in [0.5, 0.6) is 0 Å². The second-order valence-corrected chi connectivity index (χ2v) is 3.08. The highest BCUT2D eigenvalue weighted by Gasteiger charge is 2.11. The Bertz CT molecular complexity index is 516. The van der Waals surface area contributed by atoms with Gasteiger partial charge >= 0.3 is 5.97 Å². The Morgan fingerprint density at radius 3 is 2.71 bits per heavy atom. The molecule has 0 bridgehead atoms. The number of aromatic nitrogens is 3. The summed E-state index contributed by atoms with van der Waals surface area (Å²) in [5.41, 5.74) is 1.60. The molecule has 0 aliphatic rings. The number of hydrogen-bond donors (Lipinski definition) is 1. The first-order valence-corrected chi connectivity index (χ1v) is 4.16. The van der Waals surface area contributed by atoms with Gasteiger partial charge in [0, 0.05) is 5.69 Å². The van der Waals surface area contributed by atoms with Crippen LogP contribution in [-0.2, 0) is 0 Å². The van der Waals surface area contributed by atoms with Crippen LogP contribution in [0.3, 0.4) is 0 Å². The van der Waals surface area contributed by atoms with Gasteiger partial charge in [-0.15, -0.1) is 10.2 Å². The minimum Gasteiger partial charge on any atom is -0.478 e. The van der Waals surface area contributed by atoms with Crippen LogP contribution >= 0.6 is 0 Å². The zero-order valence-electron chi connectivity index (χ0n) is 7.85. The second kappa shape index (κ2) is 2.80. The summed E-state index contributed by atoms with van der Waals surface area (Å²) in [7, 11) is 0. The van der Waals surface area contributed by atoms with E-state index in [2.05, 4.69) is 10.2 Å². The number of nitrogens with zero attached hydrogens (tertiary/aromatic N) is 3. The predicted molar refractivity (Wildman–Crippen MR) is 49.4 cm³/mol. The monoisotopic (exact) mass is 191 g/mol. The summed E-state index contributed by atoms with van der Waals surface area (Å²) in [6.07, 6.45) is 0. The van der Waals surface area contributed by atoms with E-state index in [-0.39, 0.29) is 5.56 Å². The molecular weight excluding hydrogens is 182 g/mol. The van der Waals surface area contributed by atoms with E-state index in [1.807, 2.05) is 0 Å². The fourth-order valence-electron chi connectivity index (χ4n) is 1.53. The van der Waals surface area contributed by atoms with Gasteiger partial charge in [-0.25, -0.2) is 4.79 Å². The van der Waals surface area contributed by atoms with Crippen LogP contribution in [0.2, 0.25) is 0 Å². The van der Waals surface area contributed by atoms with Gasteiger partial charge in [-0.05, 0) is 26.0 Å². The van der Waals surface area contributed by atoms with Gasteiger partial charge in [0.15, 0.2) is 5.65 Å². The maximum atomic E-state index is 10.8. The molecule has 0 aromatic carbocycles. The van der Waals surface area contributed by atoms with Crippen molar-refractivity contribution in [2.24, 2.45) is 0 Å². The SMILES string of the molecule is Cc1nnc2ccc(C(=O)O)c(C)n12. The van der Waals surface area contributed by atoms with Crippen molar-refractivity contribution in [3.8, 4) is 0 Å². The fourth-order valence-corrected chi connectivity index (χ4v) is 1.53. The lowest BCUT2D eigenvalue weighted by Crippen LogP contribution is -2.05. The highest BCUT2D eigenvalue weighted by molar-refractivity contribution is 5.89. The summed E-state index contributed by atoms with van der Waals surface area (Å²) in [6.45, 7) is 3.53. The third-order valence-electron chi connectivity index (χ3n) is 2.20. The molecule has 0 saturated carbocycles. The van der Waals surface area contributed by atoms with Gasteiger partial charge in [-0.1, -0.05) is 0 Å². The van der Waals surface area contributed by atoms with Gasteiger partial charge in [0.2, 0.25) is 0 Å². The molecule has 1 N–H and O–H groups in total. The number of aromatic carboxylic acids is 1.